The molecule has 2 rings (SSSR count). The lowest BCUT2D eigenvalue weighted by Gasteiger charge is -2.09. The number of anilines is 1. The highest BCUT2D eigenvalue weighted by Gasteiger charge is 2.21. The van der Waals surface area contributed by atoms with Gasteiger partial charge in [0, 0.05) is 21.5 Å². The van der Waals surface area contributed by atoms with E-state index in [0.29, 0.717) is 13.1 Å². The summed E-state index contributed by atoms with van der Waals surface area (Å²) in [7, 11) is -3.75. The van der Waals surface area contributed by atoms with Crippen LogP contribution in [0.2, 0.25) is 0 Å². The molecule has 0 saturated heterocycles. The number of nitrogens with one attached hydrogen (secondary N) is 1. The topological polar surface area (TPSA) is 89.3 Å². The van der Waals surface area contributed by atoms with E-state index in [1.807, 2.05) is 0 Å². The molecular weight excluding hydrogens is 448 g/mol. The van der Waals surface area contributed by atoms with E-state index in [1.165, 1.54) is 35.6 Å². The Balaban J connectivity index is 2.37. The van der Waals surface area contributed by atoms with E-state index in [2.05, 4.69) is 36.6 Å². The number of non-ortho nitro benzene ring substituents is 1. The normalized spacial score (nSPS) is 11.4. The Morgan fingerprint density at radius 3 is 2.43 bits per heavy atom. The maximum atomic E-state index is 12.3. The maximum absolute atomic E-state index is 12.3. The number of nitro groups is 1. The summed E-state index contributed by atoms with van der Waals surface area (Å²) >= 11 is 7.68. The third kappa shape index (κ3) is 3.62. The summed E-state index contributed by atoms with van der Waals surface area (Å²) in [5.74, 6) is 0. The van der Waals surface area contributed by atoms with Crippen molar-refractivity contribution in [1.82, 2.24) is 0 Å². The van der Waals surface area contributed by atoms with Gasteiger partial charge in [0.1, 0.15) is 4.90 Å². The first-order chi connectivity index (χ1) is 9.70. The molecule has 0 unspecified atom stereocenters. The molecule has 10 heteroatoms. The molecule has 0 aliphatic heterocycles. The lowest BCUT2D eigenvalue weighted by atomic mass is 10.3. The average Bonchev–Trinajstić information content (AvgIpc) is 2.71. The van der Waals surface area contributed by atoms with Crippen LogP contribution in [0.15, 0.2) is 37.4 Å². The molecule has 21 heavy (non-hydrogen) atoms. The Bertz CT molecular complexity index is 818. The summed E-state index contributed by atoms with van der Waals surface area (Å²) in [6.45, 7) is 1.70. The predicted octanol–water partition coefficient (Wildman–Crippen LogP) is 4.29. The minimum Gasteiger partial charge on any atom is -0.278 e. The quantitative estimate of drug-likeness (QED) is 0.549. The van der Waals surface area contributed by atoms with Crippen LogP contribution in [-0.4, -0.2) is 13.3 Å². The van der Waals surface area contributed by atoms with Crippen LogP contribution < -0.4 is 4.72 Å². The highest BCUT2D eigenvalue weighted by atomic mass is 79.9. The molecule has 112 valence electrons. The zero-order chi connectivity index (χ0) is 15.8. The van der Waals surface area contributed by atoms with Crippen molar-refractivity contribution in [2.45, 2.75) is 11.8 Å². The number of rotatable bonds is 4. The van der Waals surface area contributed by atoms with Gasteiger partial charge in [-0.2, -0.15) is 0 Å². The Kier molecular flexibility index (Phi) is 4.71. The van der Waals surface area contributed by atoms with Crippen LogP contribution in [0.5, 0.6) is 0 Å². The van der Waals surface area contributed by atoms with Crippen LogP contribution in [0, 0.1) is 17.0 Å². The fourth-order valence-corrected chi connectivity index (χ4v) is 5.69. The van der Waals surface area contributed by atoms with Crippen LogP contribution >= 0.6 is 43.2 Å². The molecular formula is C11H8Br2N2O4S2. The number of benzene rings is 1. The third-order valence-corrected chi connectivity index (χ3v) is 6.37. The highest BCUT2D eigenvalue weighted by Crippen LogP contribution is 2.33. The summed E-state index contributed by atoms with van der Waals surface area (Å²) in [4.78, 5) is 10.9. The first-order valence-electron chi connectivity index (χ1n) is 5.43. The summed E-state index contributed by atoms with van der Waals surface area (Å²) in [6.07, 6.45) is 0. The van der Waals surface area contributed by atoms with Gasteiger partial charge >= 0.3 is 0 Å². The summed E-state index contributed by atoms with van der Waals surface area (Å²) in [5.41, 5.74) is 0.113. The number of nitro benzene ring substituents is 1. The molecule has 0 aliphatic carbocycles. The van der Waals surface area contributed by atoms with Crippen LogP contribution in [0.25, 0.3) is 0 Å². The van der Waals surface area contributed by atoms with E-state index in [4.69, 9.17) is 0 Å². The van der Waals surface area contributed by atoms with Crippen molar-refractivity contribution >= 4 is 64.6 Å². The second-order valence-corrected chi connectivity index (χ2v) is 9.14. The number of sulfonamides is 1. The van der Waals surface area contributed by atoms with Gasteiger partial charge in [-0.05, 0) is 50.9 Å². The molecule has 0 spiro atoms. The molecule has 0 atom stereocenters. The zero-order valence-corrected chi connectivity index (χ0v) is 15.3. The molecule has 1 aromatic carbocycles. The molecule has 0 aliphatic rings. The van der Waals surface area contributed by atoms with E-state index >= 15 is 0 Å². The number of aryl methyl sites for hydroxylation is 1. The van der Waals surface area contributed by atoms with Gasteiger partial charge in [0.05, 0.1) is 14.4 Å². The van der Waals surface area contributed by atoms with Crippen molar-refractivity contribution in [3.05, 3.63) is 47.5 Å². The summed E-state index contributed by atoms with van der Waals surface area (Å²) in [5, 5.41) is 10.7. The monoisotopic (exact) mass is 454 g/mol. The minimum atomic E-state index is -3.75. The van der Waals surface area contributed by atoms with Crippen molar-refractivity contribution in [2.24, 2.45) is 0 Å². The van der Waals surface area contributed by atoms with E-state index in [-0.39, 0.29) is 16.3 Å². The van der Waals surface area contributed by atoms with Crippen LogP contribution in [-0.2, 0) is 10.0 Å². The van der Waals surface area contributed by atoms with E-state index in [1.54, 1.807) is 6.92 Å². The van der Waals surface area contributed by atoms with Gasteiger partial charge in [0.2, 0.25) is 0 Å². The second-order valence-electron chi connectivity index (χ2n) is 4.00. The van der Waals surface area contributed by atoms with Gasteiger partial charge in [0.15, 0.2) is 0 Å². The van der Waals surface area contributed by atoms with E-state index < -0.39 is 14.9 Å². The Morgan fingerprint density at radius 1 is 1.29 bits per heavy atom. The van der Waals surface area contributed by atoms with Crippen molar-refractivity contribution < 1.29 is 13.3 Å². The summed E-state index contributed by atoms with van der Waals surface area (Å²) in [6, 6.07) is 5.34. The molecule has 1 N–H and O–H groups in total. The number of nitrogens with zero attached hydrogens (tertiary/aromatic N) is 1. The van der Waals surface area contributed by atoms with Crippen molar-refractivity contribution in [1.29, 1.82) is 0 Å². The molecule has 1 aromatic heterocycles. The van der Waals surface area contributed by atoms with Gasteiger partial charge in [0.25, 0.3) is 15.7 Å². The van der Waals surface area contributed by atoms with Crippen molar-refractivity contribution in [3.63, 3.8) is 0 Å². The SMILES string of the molecule is Cc1sc(Br)cc1S(=O)(=O)Nc1ccc([N+](=O)[O-])cc1Br. The van der Waals surface area contributed by atoms with Gasteiger partial charge in [-0.1, -0.05) is 0 Å². The Labute approximate surface area is 141 Å². The fraction of sp³-hybridized carbons (Fsp3) is 0.0909. The lowest BCUT2D eigenvalue weighted by Crippen LogP contribution is -2.13. The second kappa shape index (κ2) is 6.03. The highest BCUT2D eigenvalue weighted by molar-refractivity contribution is 9.11. The maximum Gasteiger partial charge on any atom is 0.270 e. The molecule has 1 heterocycles. The van der Waals surface area contributed by atoms with Crippen molar-refractivity contribution in [2.75, 3.05) is 4.72 Å². The van der Waals surface area contributed by atoms with Gasteiger partial charge in [-0.25, -0.2) is 8.42 Å². The number of hydrogen-bond donors (Lipinski definition) is 1. The molecule has 0 fully saturated rings. The summed E-state index contributed by atoms with van der Waals surface area (Å²) < 4.78 is 28.1. The molecule has 0 bridgehead atoms. The molecule has 6 nitrogen and oxygen atoms in total. The molecule has 0 amide bonds. The van der Waals surface area contributed by atoms with Crippen LogP contribution in [0.4, 0.5) is 11.4 Å². The Morgan fingerprint density at radius 2 is 1.95 bits per heavy atom. The largest absolute Gasteiger partial charge is 0.278 e. The van der Waals surface area contributed by atoms with Gasteiger partial charge in [-0.3, -0.25) is 14.8 Å². The van der Waals surface area contributed by atoms with Crippen molar-refractivity contribution in [3.8, 4) is 0 Å². The van der Waals surface area contributed by atoms with Crippen LogP contribution in [0.3, 0.4) is 0 Å². The minimum absolute atomic E-state index is 0.126. The molecule has 2 aromatic rings. The Hall–Kier alpha value is -0.970. The molecule has 0 saturated carbocycles. The predicted molar refractivity (Wildman–Crippen MR) is 88.4 cm³/mol. The number of halogens is 2. The first kappa shape index (κ1) is 16.4. The zero-order valence-electron chi connectivity index (χ0n) is 10.5. The molecule has 0 radical (unpaired) electrons. The standard InChI is InChI=1S/C11H8Br2N2O4S2/c1-6-10(5-11(13)20-6)21(18,19)14-9-3-2-7(15(16)17)4-8(9)12/h2-5,14H,1H3. The average molecular weight is 456 g/mol. The third-order valence-electron chi connectivity index (χ3n) is 2.54. The number of thiophene rings is 1. The smallest absolute Gasteiger partial charge is 0.270 e. The van der Waals surface area contributed by atoms with E-state index in [9.17, 15) is 18.5 Å². The first-order valence-corrected chi connectivity index (χ1v) is 9.32. The van der Waals surface area contributed by atoms with Gasteiger partial charge in [-0.15, -0.1) is 11.3 Å². The van der Waals surface area contributed by atoms with Gasteiger partial charge < -0.3 is 0 Å². The van der Waals surface area contributed by atoms with Crippen LogP contribution in [0.1, 0.15) is 4.88 Å². The van der Waals surface area contributed by atoms with E-state index in [0.717, 1.165) is 0 Å². The fourth-order valence-electron chi connectivity index (χ4n) is 1.60. The lowest BCUT2D eigenvalue weighted by molar-refractivity contribution is -0.384. The number of hydrogen-bond acceptors (Lipinski definition) is 5.